The van der Waals surface area contributed by atoms with Gasteiger partial charge >= 0.3 is 5.69 Å². The molecule has 0 spiro atoms. The molecule has 0 unspecified atom stereocenters. The number of nitrogens with zero attached hydrogens (tertiary/aromatic N) is 3. The van der Waals surface area contributed by atoms with Crippen LogP contribution >= 0.6 is 0 Å². The van der Waals surface area contributed by atoms with Crippen molar-refractivity contribution < 1.29 is 4.79 Å². The Balaban J connectivity index is 1.88. The van der Waals surface area contributed by atoms with Crippen molar-refractivity contribution in [2.75, 3.05) is 5.32 Å². The summed E-state index contributed by atoms with van der Waals surface area (Å²) in [6, 6.07) is 17.9. The molecule has 7 heteroatoms. The first-order valence-corrected chi connectivity index (χ1v) is 9.61. The average Bonchev–Trinajstić information content (AvgIpc) is 3.03. The lowest BCUT2D eigenvalue weighted by Crippen LogP contribution is -2.41. The van der Waals surface area contributed by atoms with E-state index >= 15 is 0 Å². The lowest BCUT2D eigenvalue weighted by atomic mass is 10.2. The van der Waals surface area contributed by atoms with Gasteiger partial charge in [-0.25, -0.2) is 9.36 Å². The van der Waals surface area contributed by atoms with Gasteiger partial charge < -0.3 is 9.88 Å². The normalized spacial score (nSPS) is 11.0. The molecule has 0 aliphatic heterocycles. The average molecular weight is 402 g/mol. The summed E-state index contributed by atoms with van der Waals surface area (Å²) in [7, 11) is 1.77. The minimum atomic E-state index is -0.552. The highest BCUT2D eigenvalue weighted by Gasteiger charge is 2.20. The Morgan fingerprint density at radius 3 is 2.33 bits per heavy atom. The van der Waals surface area contributed by atoms with Gasteiger partial charge in [-0.1, -0.05) is 36.4 Å². The summed E-state index contributed by atoms with van der Waals surface area (Å²) in [6.07, 6.45) is 0. The summed E-state index contributed by atoms with van der Waals surface area (Å²) in [4.78, 5) is 39.3. The Morgan fingerprint density at radius 1 is 0.967 bits per heavy atom. The molecule has 4 aromatic rings. The van der Waals surface area contributed by atoms with E-state index in [0.29, 0.717) is 22.4 Å². The van der Waals surface area contributed by atoms with Crippen molar-refractivity contribution in [3.8, 4) is 5.69 Å². The van der Waals surface area contributed by atoms with Crippen LogP contribution in [0.1, 0.15) is 11.3 Å². The van der Waals surface area contributed by atoms with Gasteiger partial charge in [0.1, 0.15) is 12.1 Å². The molecule has 2 aromatic carbocycles. The summed E-state index contributed by atoms with van der Waals surface area (Å²) >= 11 is 0. The highest BCUT2D eigenvalue weighted by atomic mass is 16.2. The number of para-hydroxylation sites is 2. The number of nitrogens with one attached hydrogen (secondary N) is 1. The first-order valence-electron chi connectivity index (χ1n) is 9.61. The Labute approximate surface area is 172 Å². The van der Waals surface area contributed by atoms with Crippen molar-refractivity contribution in [2.24, 2.45) is 7.05 Å². The van der Waals surface area contributed by atoms with E-state index in [4.69, 9.17) is 0 Å². The van der Waals surface area contributed by atoms with E-state index in [-0.39, 0.29) is 12.5 Å². The van der Waals surface area contributed by atoms with Gasteiger partial charge in [-0.05, 0) is 43.7 Å². The minimum Gasteiger partial charge on any atom is -0.342 e. The van der Waals surface area contributed by atoms with Crippen LogP contribution in [-0.4, -0.2) is 19.6 Å². The zero-order valence-corrected chi connectivity index (χ0v) is 17.0. The maximum absolute atomic E-state index is 13.3. The third-order valence-corrected chi connectivity index (χ3v) is 5.31. The summed E-state index contributed by atoms with van der Waals surface area (Å²) < 4.78 is 4.21. The number of aryl methyl sites for hydroxylation is 3. The van der Waals surface area contributed by atoms with Crippen LogP contribution in [0.15, 0.2) is 70.3 Å². The van der Waals surface area contributed by atoms with Gasteiger partial charge in [0, 0.05) is 18.4 Å². The molecule has 0 radical (unpaired) electrons. The molecule has 0 saturated heterocycles. The first-order chi connectivity index (χ1) is 14.4. The molecule has 0 bridgehead atoms. The summed E-state index contributed by atoms with van der Waals surface area (Å²) in [5.74, 6) is -0.340. The van der Waals surface area contributed by atoms with Gasteiger partial charge in [0.05, 0.1) is 11.2 Å². The molecule has 0 aliphatic rings. The third-order valence-electron chi connectivity index (χ3n) is 5.31. The van der Waals surface area contributed by atoms with E-state index < -0.39 is 11.2 Å². The Bertz CT molecular complexity index is 1380. The zero-order chi connectivity index (χ0) is 21.4. The molecule has 4 rings (SSSR count). The van der Waals surface area contributed by atoms with Crippen LogP contribution in [0.5, 0.6) is 0 Å². The van der Waals surface area contributed by atoms with Crippen molar-refractivity contribution in [3.63, 3.8) is 0 Å². The predicted octanol–water partition coefficient (Wildman–Crippen LogP) is 2.75. The number of hydrogen-bond donors (Lipinski definition) is 1. The molecule has 0 fully saturated rings. The number of carbonyl (C=O) groups is 1. The predicted molar refractivity (Wildman–Crippen MR) is 117 cm³/mol. The lowest BCUT2D eigenvalue weighted by molar-refractivity contribution is -0.116. The highest BCUT2D eigenvalue weighted by molar-refractivity contribution is 5.92. The van der Waals surface area contributed by atoms with Gasteiger partial charge in [0.15, 0.2) is 0 Å². The molecule has 0 saturated carbocycles. The molecular formula is C23H22N4O3. The van der Waals surface area contributed by atoms with E-state index in [1.807, 2.05) is 44.2 Å². The second-order valence-corrected chi connectivity index (χ2v) is 7.29. The SMILES string of the molecule is Cc1ccccc1NC(=O)Cn1c(=O)n(-c2ccccc2)c(=O)c2c1cc(C)n2C. The molecule has 7 nitrogen and oxygen atoms in total. The number of anilines is 1. The quantitative estimate of drug-likeness (QED) is 0.570. The number of benzene rings is 2. The van der Waals surface area contributed by atoms with Crippen LogP contribution in [0.25, 0.3) is 16.7 Å². The largest absolute Gasteiger partial charge is 0.342 e. The molecular weight excluding hydrogens is 380 g/mol. The summed E-state index contributed by atoms with van der Waals surface area (Å²) in [5, 5.41) is 2.85. The Kier molecular flexibility index (Phi) is 4.87. The number of amides is 1. The Hall–Kier alpha value is -3.87. The van der Waals surface area contributed by atoms with Gasteiger partial charge in [0.2, 0.25) is 5.91 Å². The zero-order valence-electron chi connectivity index (χ0n) is 17.0. The number of rotatable bonds is 4. The topological polar surface area (TPSA) is 78.0 Å². The van der Waals surface area contributed by atoms with Crippen LogP contribution in [0.3, 0.4) is 0 Å². The fraction of sp³-hybridized carbons (Fsp3) is 0.174. The lowest BCUT2D eigenvalue weighted by Gasteiger charge is -2.13. The maximum Gasteiger partial charge on any atom is 0.336 e. The second kappa shape index (κ2) is 7.51. The number of hydrogen-bond acceptors (Lipinski definition) is 3. The van der Waals surface area contributed by atoms with Crippen molar-refractivity contribution in [3.05, 3.63) is 92.8 Å². The fourth-order valence-corrected chi connectivity index (χ4v) is 3.59. The standard InChI is InChI=1S/C23H22N4O3/c1-15-9-7-8-12-18(15)24-20(28)14-26-19-13-16(2)25(3)21(19)22(29)27(23(26)30)17-10-5-4-6-11-17/h4-13H,14H2,1-3H3,(H,24,28). The number of carbonyl (C=O) groups excluding carboxylic acids is 1. The summed E-state index contributed by atoms with van der Waals surface area (Å²) in [5.41, 5.74) is 2.75. The van der Waals surface area contributed by atoms with E-state index in [1.165, 1.54) is 4.57 Å². The fourth-order valence-electron chi connectivity index (χ4n) is 3.59. The number of aromatic nitrogens is 3. The maximum atomic E-state index is 13.3. The van der Waals surface area contributed by atoms with Crippen LogP contribution in [0.2, 0.25) is 0 Å². The molecule has 0 aliphatic carbocycles. The van der Waals surface area contributed by atoms with Crippen LogP contribution in [0.4, 0.5) is 5.69 Å². The highest BCUT2D eigenvalue weighted by Crippen LogP contribution is 2.16. The van der Waals surface area contributed by atoms with E-state index in [2.05, 4.69) is 5.32 Å². The molecule has 0 atom stereocenters. The molecule has 2 aromatic heterocycles. The smallest absolute Gasteiger partial charge is 0.336 e. The van der Waals surface area contributed by atoms with E-state index in [0.717, 1.165) is 15.8 Å². The van der Waals surface area contributed by atoms with Gasteiger partial charge in [-0.15, -0.1) is 0 Å². The minimum absolute atomic E-state index is 0.208. The van der Waals surface area contributed by atoms with E-state index in [1.54, 1.807) is 41.9 Å². The first kappa shape index (κ1) is 19.4. The van der Waals surface area contributed by atoms with Crippen molar-refractivity contribution >= 4 is 22.6 Å². The van der Waals surface area contributed by atoms with Crippen LogP contribution < -0.4 is 16.6 Å². The molecule has 30 heavy (non-hydrogen) atoms. The monoisotopic (exact) mass is 402 g/mol. The Morgan fingerprint density at radius 2 is 1.63 bits per heavy atom. The van der Waals surface area contributed by atoms with Crippen molar-refractivity contribution in [1.29, 1.82) is 0 Å². The van der Waals surface area contributed by atoms with Crippen molar-refractivity contribution in [2.45, 2.75) is 20.4 Å². The van der Waals surface area contributed by atoms with Gasteiger partial charge in [-0.3, -0.25) is 14.2 Å². The van der Waals surface area contributed by atoms with Crippen LogP contribution in [-0.2, 0) is 18.4 Å². The van der Waals surface area contributed by atoms with Crippen LogP contribution in [0, 0.1) is 13.8 Å². The molecule has 1 N–H and O–H groups in total. The van der Waals surface area contributed by atoms with Gasteiger partial charge in [-0.2, -0.15) is 0 Å². The third kappa shape index (κ3) is 3.24. The summed E-state index contributed by atoms with van der Waals surface area (Å²) in [6.45, 7) is 3.55. The molecule has 152 valence electrons. The molecule has 2 heterocycles. The molecule has 1 amide bonds. The van der Waals surface area contributed by atoms with E-state index in [9.17, 15) is 14.4 Å². The number of fused-ring (bicyclic) bond motifs is 1. The second-order valence-electron chi connectivity index (χ2n) is 7.29. The van der Waals surface area contributed by atoms with Crippen molar-refractivity contribution in [1.82, 2.24) is 13.7 Å². The van der Waals surface area contributed by atoms with Gasteiger partial charge in [0.25, 0.3) is 5.56 Å².